The summed E-state index contributed by atoms with van der Waals surface area (Å²) in [5.74, 6) is 0.00928. The monoisotopic (exact) mass is 370 g/mol. The van der Waals surface area contributed by atoms with E-state index < -0.39 is 5.41 Å². The largest absolute Gasteiger partial charge is 0.343 e. The van der Waals surface area contributed by atoms with Gasteiger partial charge in [0, 0.05) is 30.7 Å². The van der Waals surface area contributed by atoms with Crippen molar-refractivity contribution < 1.29 is 9.59 Å². The molecule has 0 atom stereocenters. The molecule has 1 aliphatic heterocycles. The molecule has 26 heavy (non-hydrogen) atoms. The molecule has 1 fully saturated rings. The predicted octanol–water partition coefficient (Wildman–Crippen LogP) is 4.17. The number of halogens is 1. The van der Waals surface area contributed by atoms with Gasteiger partial charge in [-0.3, -0.25) is 9.59 Å². The van der Waals surface area contributed by atoms with E-state index >= 15 is 0 Å². The standard InChI is InChI=1S/C21H23ClN2O2/c1-15-8-9-18(22)14-19(15)23-20(26)21(17-6-4-3-5-7-17)10-12-24(13-11-21)16(2)25/h3-9,14H,10-13H2,1-2H3,(H,23,26). The van der Waals surface area contributed by atoms with Crippen molar-refractivity contribution >= 4 is 29.1 Å². The molecule has 3 rings (SSSR count). The highest BCUT2D eigenvalue weighted by Crippen LogP contribution is 2.37. The van der Waals surface area contributed by atoms with E-state index in [1.165, 1.54) is 0 Å². The van der Waals surface area contributed by atoms with Gasteiger partial charge in [0.25, 0.3) is 0 Å². The van der Waals surface area contributed by atoms with Gasteiger partial charge in [-0.05, 0) is 43.0 Å². The number of piperidine rings is 1. The summed E-state index contributed by atoms with van der Waals surface area (Å²) in [6.45, 7) is 4.67. The number of amides is 2. The minimum atomic E-state index is -0.651. The van der Waals surface area contributed by atoms with E-state index in [4.69, 9.17) is 11.6 Å². The Bertz CT molecular complexity index is 812. The van der Waals surface area contributed by atoms with Gasteiger partial charge in [-0.15, -0.1) is 0 Å². The van der Waals surface area contributed by atoms with Crippen LogP contribution >= 0.6 is 11.6 Å². The lowest BCUT2D eigenvalue weighted by molar-refractivity contribution is -0.133. The maximum Gasteiger partial charge on any atom is 0.235 e. The third-order valence-corrected chi connectivity index (χ3v) is 5.51. The molecule has 0 bridgehead atoms. The number of likely N-dealkylation sites (tertiary alicyclic amines) is 1. The van der Waals surface area contributed by atoms with Crippen molar-refractivity contribution in [1.29, 1.82) is 0 Å². The van der Waals surface area contributed by atoms with E-state index in [1.807, 2.05) is 49.4 Å². The van der Waals surface area contributed by atoms with Crippen molar-refractivity contribution in [3.63, 3.8) is 0 Å². The second kappa shape index (κ2) is 7.50. The third-order valence-electron chi connectivity index (χ3n) is 5.27. The summed E-state index contributed by atoms with van der Waals surface area (Å²) in [5, 5.41) is 3.67. The van der Waals surface area contributed by atoms with Gasteiger partial charge >= 0.3 is 0 Å². The van der Waals surface area contributed by atoms with Crippen molar-refractivity contribution in [3.05, 3.63) is 64.7 Å². The number of carbonyl (C=O) groups excluding carboxylic acids is 2. The maximum absolute atomic E-state index is 13.4. The van der Waals surface area contributed by atoms with Crippen LogP contribution in [0.15, 0.2) is 48.5 Å². The minimum absolute atomic E-state index is 0.0442. The van der Waals surface area contributed by atoms with Crippen LogP contribution in [0.3, 0.4) is 0 Å². The molecule has 5 heteroatoms. The van der Waals surface area contributed by atoms with Crippen LogP contribution in [0.2, 0.25) is 5.02 Å². The smallest absolute Gasteiger partial charge is 0.235 e. The molecular formula is C21H23ClN2O2. The Morgan fingerprint density at radius 2 is 1.73 bits per heavy atom. The number of hydrogen-bond donors (Lipinski definition) is 1. The predicted molar refractivity (Wildman–Crippen MR) is 104 cm³/mol. The zero-order valence-electron chi connectivity index (χ0n) is 15.1. The maximum atomic E-state index is 13.4. The van der Waals surface area contributed by atoms with Gasteiger partial charge in [0.1, 0.15) is 0 Å². The molecule has 0 unspecified atom stereocenters. The summed E-state index contributed by atoms with van der Waals surface area (Å²) >= 11 is 6.10. The van der Waals surface area contributed by atoms with E-state index in [0.29, 0.717) is 31.0 Å². The lowest BCUT2D eigenvalue weighted by Crippen LogP contribution is -2.50. The summed E-state index contributed by atoms with van der Waals surface area (Å²) in [6, 6.07) is 15.3. The molecule has 2 aromatic carbocycles. The zero-order valence-corrected chi connectivity index (χ0v) is 15.8. The molecule has 4 nitrogen and oxygen atoms in total. The Labute approximate surface area is 159 Å². The minimum Gasteiger partial charge on any atom is -0.343 e. The number of nitrogens with one attached hydrogen (secondary N) is 1. The highest BCUT2D eigenvalue weighted by atomic mass is 35.5. The number of aryl methyl sites for hydroxylation is 1. The van der Waals surface area contributed by atoms with Gasteiger partial charge < -0.3 is 10.2 Å². The van der Waals surface area contributed by atoms with Crippen LogP contribution in [0.1, 0.15) is 30.9 Å². The molecule has 0 aromatic heterocycles. The molecule has 0 saturated carbocycles. The van der Waals surface area contributed by atoms with Crippen LogP contribution in [0.4, 0.5) is 5.69 Å². The summed E-state index contributed by atoms with van der Waals surface area (Å²) in [4.78, 5) is 26.9. The number of hydrogen-bond acceptors (Lipinski definition) is 2. The van der Waals surface area contributed by atoms with Crippen molar-refractivity contribution in [2.75, 3.05) is 18.4 Å². The van der Waals surface area contributed by atoms with Gasteiger partial charge in [0.15, 0.2) is 0 Å². The first kappa shape index (κ1) is 18.5. The topological polar surface area (TPSA) is 49.4 Å². The Morgan fingerprint density at radius 3 is 2.35 bits per heavy atom. The molecule has 0 aliphatic carbocycles. The normalized spacial score (nSPS) is 16.2. The average Bonchev–Trinajstić information content (AvgIpc) is 2.65. The first-order valence-electron chi connectivity index (χ1n) is 8.81. The van der Waals surface area contributed by atoms with Gasteiger partial charge in [-0.25, -0.2) is 0 Å². The van der Waals surface area contributed by atoms with Gasteiger partial charge in [-0.1, -0.05) is 48.0 Å². The van der Waals surface area contributed by atoms with Crippen LogP contribution in [0, 0.1) is 6.92 Å². The lowest BCUT2D eigenvalue weighted by atomic mass is 9.72. The quantitative estimate of drug-likeness (QED) is 0.881. The van der Waals surface area contributed by atoms with Crippen molar-refractivity contribution in [1.82, 2.24) is 4.90 Å². The second-order valence-corrected chi connectivity index (χ2v) is 7.30. The summed E-state index contributed by atoms with van der Waals surface area (Å²) in [5.41, 5.74) is 2.03. The highest BCUT2D eigenvalue weighted by Gasteiger charge is 2.43. The fourth-order valence-corrected chi connectivity index (χ4v) is 3.75. The second-order valence-electron chi connectivity index (χ2n) is 6.87. The molecule has 0 spiro atoms. The fraction of sp³-hybridized carbons (Fsp3) is 0.333. The number of anilines is 1. The highest BCUT2D eigenvalue weighted by molar-refractivity contribution is 6.31. The fourth-order valence-electron chi connectivity index (χ4n) is 3.58. The van der Waals surface area contributed by atoms with E-state index in [9.17, 15) is 9.59 Å². The average molecular weight is 371 g/mol. The molecule has 2 amide bonds. The van der Waals surface area contributed by atoms with E-state index in [-0.39, 0.29) is 11.8 Å². The van der Waals surface area contributed by atoms with E-state index in [0.717, 1.165) is 16.8 Å². The van der Waals surface area contributed by atoms with Gasteiger partial charge in [-0.2, -0.15) is 0 Å². The third kappa shape index (κ3) is 3.61. The first-order chi connectivity index (χ1) is 12.4. The van der Waals surface area contributed by atoms with Gasteiger partial charge in [0.2, 0.25) is 11.8 Å². The molecule has 1 N–H and O–H groups in total. The summed E-state index contributed by atoms with van der Waals surface area (Å²) < 4.78 is 0. The van der Waals surface area contributed by atoms with Crippen molar-refractivity contribution in [2.24, 2.45) is 0 Å². The summed E-state index contributed by atoms with van der Waals surface area (Å²) in [7, 11) is 0. The first-order valence-corrected chi connectivity index (χ1v) is 9.19. The molecule has 1 aliphatic rings. The Hall–Kier alpha value is -2.33. The molecule has 1 saturated heterocycles. The number of carbonyl (C=O) groups is 2. The molecule has 136 valence electrons. The molecular weight excluding hydrogens is 348 g/mol. The van der Waals surface area contributed by atoms with Crippen LogP contribution in [-0.4, -0.2) is 29.8 Å². The molecule has 0 radical (unpaired) electrons. The van der Waals surface area contributed by atoms with Crippen LogP contribution in [-0.2, 0) is 15.0 Å². The Balaban J connectivity index is 1.92. The zero-order chi connectivity index (χ0) is 18.7. The van der Waals surface area contributed by atoms with Crippen molar-refractivity contribution in [3.8, 4) is 0 Å². The number of rotatable bonds is 3. The SMILES string of the molecule is CC(=O)N1CCC(C(=O)Nc2cc(Cl)ccc2C)(c2ccccc2)CC1. The van der Waals surface area contributed by atoms with Gasteiger partial charge in [0.05, 0.1) is 5.41 Å². The van der Waals surface area contributed by atoms with Crippen LogP contribution < -0.4 is 5.32 Å². The van der Waals surface area contributed by atoms with E-state index in [1.54, 1.807) is 17.9 Å². The van der Waals surface area contributed by atoms with Crippen LogP contribution in [0.5, 0.6) is 0 Å². The number of benzene rings is 2. The molecule has 1 heterocycles. The number of nitrogens with zero attached hydrogens (tertiary/aromatic N) is 1. The van der Waals surface area contributed by atoms with E-state index in [2.05, 4.69) is 5.32 Å². The summed E-state index contributed by atoms with van der Waals surface area (Å²) in [6.07, 6.45) is 1.20. The van der Waals surface area contributed by atoms with Crippen molar-refractivity contribution in [2.45, 2.75) is 32.1 Å². The lowest BCUT2D eigenvalue weighted by Gasteiger charge is -2.41. The Kier molecular flexibility index (Phi) is 5.33. The molecule has 2 aromatic rings. The Morgan fingerprint density at radius 1 is 1.08 bits per heavy atom. The van der Waals surface area contributed by atoms with Crippen LogP contribution in [0.25, 0.3) is 0 Å².